The van der Waals surface area contributed by atoms with Crippen LogP contribution in [0.5, 0.6) is 0 Å². The maximum absolute atomic E-state index is 12.8. The summed E-state index contributed by atoms with van der Waals surface area (Å²) >= 11 is 0. The lowest BCUT2D eigenvalue weighted by atomic mass is 9.97. The van der Waals surface area contributed by atoms with Gasteiger partial charge in [-0.25, -0.2) is 8.42 Å². The molecule has 26 heavy (non-hydrogen) atoms. The quantitative estimate of drug-likeness (QED) is 0.798. The molecule has 0 aromatic carbocycles. The maximum Gasteiger partial charge on any atom is 0.248 e. The number of hydrogen-bond acceptors (Lipinski definition) is 8. The number of rotatable bonds is 5. The van der Waals surface area contributed by atoms with Gasteiger partial charge in [0.25, 0.3) is 0 Å². The number of piperidine rings is 1. The Hall–Kier alpha value is -2.27. The van der Waals surface area contributed by atoms with Crippen molar-refractivity contribution in [3.63, 3.8) is 0 Å². The summed E-state index contributed by atoms with van der Waals surface area (Å²) in [7, 11) is -3.67. The van der Waals surface area contributed by atoms with Crippen LogP contribution in [0.3, 0.4) is 0 Å². The van der Waals surface area contributed by atoms with E-state index >= 15 is 0 Å². The Morgan fingerprint density at radius 3 is 2.42 bits per heavy atom. The van der Waals surface area contributed by atoms with E-state index in [1.807, 2.05) is 0 Å². The van der Waals surface area contributed by atoms with Gasteiger partial charge < -0.3 is 14.4 Å². The lowest BCUT2D eigenvalue weighted by Crippen LogP contribution is -2.43. The number of nitrogens with one attached hydrogen (secondary N) is 1. The highest BCUT2D eigenvalue weighted by Crippen LogP contribution is 2.27. The first-order valence-corrected chi connectivity index (χ1v) is 9.73. The Kier molecular flexibility index (Phi) is 5.10. The molecule has 1 N–H and O–H groups in total. The molecule has 0 aliphatic carbocycles. The summed E-state index contributed by atoms with van der Waals surface area (Å²) in [6.45, 7) is 5.57. The predicted molar refractivity (Wildman–Crippen MR) is 88.3 cm³/mol. The van der Waals surface area contributed by atoms with Crippen molar-refractivity contribution < 1.29 is 22.3 Å². The molecule has 3 heterocycles. The van der Waals surface area contributed by atoms with Crippen LogP contribution >= 0.6 is 0 Å². The van der Waals surface area contributed by atoms with Gasteiger partial charge in [-0.05, 0) is 33.6 Å². The number of carbonyl (C=O) groups excluding carboxylic acids is 1. The number of sulfonamides is 1. The Morgan fingerprint density at radius 2 is 1.88 bits per heavy atom. The van der Waals surface area contributed by atoms with Gasteiger partial charge in [-0.2, -0.15) is 9.29 Å². The molecule has 2 aromatic heterocycles. The molecule has 0 atom stereocenters. The Balaban J connectivity index is 1.57. The lowest BCUT2D eigenvalue weighted by molar-refractivity contribution is -0.126. The van der Waals surface area contributed by atoms with Crippen LogP contribution in [0.15, 0.2) is 13.9 Å². The van der Waals surface area contributed by atoms with Gasteiger partial charge in [-0.15, -0.1) is 0 Å². The third-order valence-electron chi connectivity index (χ3n) is 4.37. The number of nitrogens with zero attached hydrogens (tertiary/aromatic N) is 4. The van der Waals surface area contributed by atoms with Crippen molar-refractivity contribution in [2.75, 3.05) is 13.1 Å². The first-order chi connectivity index (χ1) is 12.3. The predicted octanol–water partition coefficient (Wildman–Crippen LogP) is 0.700. The molecule has 2 aromatic rings. The largest absolute Gasteiger partial charge is 0.360 e. The zero-order chi connectivity index (χ0) is 18.9. The van der Waals surface area contributed by atoms with Gasteiger partial charge in [0, 0.05) is 19.0 Å². The standard InChI is InChI=1S/C15H21N5O5S/c1-9-14(10(2)24-18-9)26(22,23)20-6-4-12(5-7-20)15(21)16-8-13-17-11(3)19-25-13/h12H,4-8H2,1-3H3,(H,16,21). The number of aromatic nitrogens is 3. The molecule has 1 saturated heterocycles. The normalized spacial score (nSPS) is 16.7. The second kappa shape index (κ2) is 7.16. The molecule has 0 bridgehead atoms. The summed E-state index contributed by atoms with van der Waals surface area (Å²) in [6.07, 6.45) is 0.884. The second-order valence-corrected chi connectivity index (χ2v) is 8.16. The van der Waals surface area contributed by atoms with Gasteiger partial charge in [0.2, 0.25) is 21.8 Å². The van der Waals surface area contributed by atoms with Crippen LogP contribution in [-0.2, 0) is 21.4 Å². The Bertz CT molecular complexity index is 876. The summed E-state index contributed by atoms with van der Waals surface area (Å²) in [5, 5.41) is 10.1. The minimum absolute atomic E-state index is 0.118. The molecule has 3 rings (SSSR count). The molecule has 0 radical (unpaired) electrons. The monoisotopic (exact) mass is 383 g/mol. The highest BCUT2D eigenvalue weighted by atomic mass is 32.2. The summed E-state index contributed by atoms with van der Waals surface area (Å²) in [6, 6.07) is 0. The number of hydrogen-bond donors (Lipinski definition) is 1. The van der Waals surface area contributed by atoms with Crippen LogP contribution in [0.1, 0.15) is 36.0 Å². The summed E-state index contributed by atoms with van der Waals surface area (Å²) in [5.74, 6) is 0.726. The summed E-state index contributed by atoms with van der Waals surface area (Å²) in [5.41, 5.74) is 0.345. The van der Waals surface area contributed by atoms with Crippen molar-refractivity contribution in [1.82, 2.24) is 24.9 Å². The smallest absolute Gasteiger partial charge is 0.248 e. The van der Waals surface area contributed by atoms with Gasteiger partial charge in [0.05, 0.1) is 6.54 Å². The van der Waals surface area contributed by atoms with E-state index < -0.39 is 10.0 Å². The Morgan fingerprint density at radius 1 is 1.19 bits per heavy atom. The molecular formula is C15H21N5O5S. The van der Waals surface area contributed by atoms with Crippen LogP contribution in [-0.4, -0.2) is 47.0 Å². The first kappa shape index (κ1) is 18.5. The molecule has 0 saturated carbocycles. The van der Waals surface area contributed by atoms with Gasteiger partial charge >= 0.3 is 0 Å². The van der Waals surface area contributed by atoms with Gasteiger partial charge in [0.15, 0.2) is 11.6 Å². The minimum Gasteiger partial charge on any atom is -0.360 e. The van der Waals surface area contributed by atoms with Crippen molar-refractivity contribution >= 4 is 15.9 Å². The molecule has 1 aliphatic rings. The molecule has 142 valence electrons. The Labute approximate surface area is 151 Å². The van der Waals surface area contributed by atoms with Crippen molar-refractivity contribution in [2.24, 2.45) is 5.92 Å². The van der Waals surface area contributed by atoms with E-state index in [0.29, 0.717) is 30.3 Å². The lowest BCUT2D eigenvalue weighted by Gasteiger charge is -2.30. The van der Waals surface area contributed by atoms with Crippen molar-refractivity contribution in [3.8, 4) is 0 Å². The molecule has 0 spiro atoms. The summed E-state index contributed by atoms with van der Waals surface area (Å²) < 4.78 is 36.9. The highest BCUT2D eigenvalue weighted by Gasteiger charge is 2.35. The zero-order valence-corrected chi connectivity index (χ0v) is 15.7. The van der Waals surface area contributed by atoms with E-state index in [1.54, 1.807) is 20.8 Å². The van der Waals surface area contributed by atoms with E-state index in [4.69, 9.17) is 9.05 Å². The van der Waals surface area contributed by atoms with Gasteiger partial charge in [-0.3, -0.25) is 4.79 Å². The number of carbonyl (C=O) groups is 1. The zero-order valence-electron chi connectivity index (χ0n) is 14.9. The molecule has 10 nitrogen and oxygen atoms in total. The summed E-state index contributed by atoms with van der Waals surface area (Å²) in [4.78, 5) is 16.4. The van der Waals surface area contributed by atoms with Crippen molar-refractivity contribution in [2.45, 2.75) is 45.1 Å². The molecule has 1 aliphatic heterocycles. The van der Waals surface area contributed by atoms with Gasteiger partial charge in [0.1, 0.15) is 10.6 Å². The fraction of sp³-hybridized carbons (Fsp3) is 0.600. The molecule has 1 amide bonds. The number of aryl methyl sites for hydroxylation is 3. The highest BCUT2D eigenvalue weighted by molar-refractivity contribution is 7.89. The average Bonchev–Trinajstić information content (AvgIpc) is 3.18. The van der Waals surface area contributed by atoms with Crippen LogP contribution in [0.25, 0.3) is 0 Å². The maximum atomic E-state index is 12.8. The van der Waals surface area contributed by atoms with Crippen LogP contribution < -0.4 is 5.32 Å². The fourth-order valence-corrected chi connectivity index (χ4v) is 4.81. The second-order valence-electron chi connectivity index (χ2n) is 6.28. The first-order valence-electron chi connectivity index (χ1n) is 8.29. The van der Waals surface area contributed by atoms with Crippen LogP contribution in [0.4, 0.5) is 0 Å². The molecule has 0 unspecified atom stereocenters. The third-order valence-corrected chi connectivity index (χ3v) is 6.52. The van der Waals surface area contributed by atoms with Crippen LogP contribution in [0, 0.1) is 26.7 Å². The topological polar surface area (TPSA) is 131 Å². The van der Waals surface area contributed by atoms with Crippen molar-refractivity contribution in [1.29, 1.82) is 0 Å². The van der Waals surface area contributed by atoms with E-state index in [2.05, 4.69) is 20.6 Å². The molecular weight excluding hydrogens is 362 g/mol. The van der Waals surface area contributed by atoms with Crippen LogP contribution in [0.2, 0.25) is 0 Å². The SMILES string of the molecule is Cc1noc(CNC(=O)C2CCN(S(=O)(=O)c3c(C)noc3C)CC2)n1. The van der Waals surface area contributed by atoms with E-state index in [0.717, 1.165) is 0 Å². The fourth-order valence-electron chi connectivity index (χ4n) is 3.05. The van der Waals surface area contributed by atoms with E-state index in [1.165, 1.54) is 4.31 Å². The van der Waals surface area contributed by atoms with Crippen molar-refractivity contribution in [3.05, 3.63) is 23.2 Å². The number of amides is 1. The molecule has 1 fully saturated rings. The van der Waals surface area contributed by atoms with E-state index in [-0.39, 0.29) is 42.1 Å². The average molecular weight is 383 g/mol. The van der Waals surface area contributed by atoms with E-state index in [9.17, 15) is 13.2 Å². The van der Waals surface area contributed by atoms with Gasteiger partial charge in [-0.1, -0.05) is 10.3 Å². The molecule has 11 heteroatoms. The minimum atomic E-state index is -3.67. The third kappa shape index (κ3) is 3.63.